The second-order valence-electron chi connectivity index (χ2n) is 12.5. The summed E-state index contributed by atoms with van der Waals surface area (Å²) < 4.78 is 24.9. The van der Waals surface area contributed by atoms with Crippen LogP contribution in [0.4, 0.5) is 0 Å². The Bertz CT molecular complexity index is 1080. The molecule has 0 radical (unpaired) electrons. The number of carbonyl (C=O) groups excluding carboxylic acids is 1. The van der Waals surface area contributed by atoms with E-state index in [0.29, 0.717) is 30.8 Å². The predicted octanol–water partition coefficient (Wildman–Crippen LogP) is 3.85. The average Bonchev–Trinajstić information content (AvgIpc) is 3.13. The summed E-state index contributed by atoms with van der Waals surface area (Å²) in [6, 6.07) is 0. The standard InChI is InChI=1S/C31H44O8/c1-17-7-6-8-24-28(33)37-27-26(32)20(4)14-25(31(24,27)35)29(34)36-23-15-22(10-9-18(2)13-17)39-30(16-23)12-11-19(3)21(5)38-30/h6-9,14,17,19,21-23,25-28,32-33,35H,10-13,15-16H2,1-5H3/b7-6-,18-9-,24-8?/t17-,19-,21+,22+,23-,25-,26+,27+,28?,30-,31+/m0/s1. The Morgan fingerprint density at radius 2 is 1.85 bits per heavy atom. The van der Waals surface area contributed by atoms with Crippen LogP contribution in [-0.4, -0.2) is 69.5 Å². The van der Waals surface area contributed by atoms with E-state index in [9.17, 15) is 20.1 Å². The molecular formula is C31H44O8. The lowest BCUT2D eigenvalue weighted by Gasteiger charge is -2.49. The van der Waals surface area contributed by atoms with Crippen LogP contribution in [0.15, 0.2) is 47.1 Å². The molecule has 3 saturated heterocycles. The van der Waals surface area contributed by atoms with Crippen molar-refractivity contribution in [2.75, 3.05) is 0 Å². The number of aliphatic hydroxyl groups excluding tert-OH is 2. The first-order chi connectivity index (χ1) is 18.4. The molecule has 8 heteroatoms. The van der Waals surface area contributed by atoms with E-state index in [4.69, 9.17) is 18.9 Å². The number of aliphatic hydroxyl groups is 3. The lowest BCUT2D eigenvalue weighted by Crippen LogP contribution is -2.58. The fourth-order valence-corrected chi connectivity index (χ4v) is 6.91. The highest BCUT2D eigenvalue weighted by Gasteiger charge is 2.62. The number of allylic oxidation sites excluding steroid dienone is 4. The van der Waals surface area contributed by atoms with E-state index >= 15 is 0 Å². The number of rotatable bonds is 0. The zero-order valence-electron chi connectivity index (χ0n) is 23.7. The van der Waals surface area contributed by atoms with E-state index in [1.165, 1.54) is 5.57 Å². The Balaban J connectivity index is 1.53. The van der Waals surface area contributed by atoms with Crippen LogP contribution in [0.5, 0.6) is 0 Å². The molecule has 4 aliphatic heterocycles. The van der Waals surface area contributed by atoms with Gasteiger partial charge < -0.3 is 34.3 Å². The zero-order chi connectivity index (χ0) is 28.1. The number of carbonyl (C=O) groups is 1. The van der Waals surface area contributed by atoms with Gasteiger partial charge in [-0.1, -0.05) is 49.8 Å². The molecule has 4 heterocycles. The Labute approximate surface area is 231 Å². The Hall–Kier alpha value is -1.81. The van der Waals surface area contributed by atoms with Crippen LogP contribution in [-0.2, 0) is 23.7 Å². The molecule has 5 rings (SSSR count). The molecule has 3 fully saturated rings. The second-order valence-corrected chi connectivity index (χ2v) is 12.5. The highest BCUT2D eigenvalue weighted by molar-refractivity contribution is 5.78. The summed E-state index contributed by atoms with van der Waals surface area (Å²) in [7, 11) is 0. The number of hydrogen-bond acceptors (Lipinski definition) is 8. The molecule has 5 aliphatic rings. The number of esters is 1. The summed E-state index contributed by atoms with van der Waals surface area (Å²) in [5, 5.41) is 33.6. The van der Waals surface area contributed by atoms with Gasteiger partial charge in [0.2, 0.25) is 0 Å². The molecule has 1 unspecified atom stereocenters. The minimum atomic E-state index is -1.95. The molecule has 2 bridgehead atoms. The van der Waals surface area contributed by atoms with Crippen molar-refractivity contribution in [3.63, 3.8) is 0 Å². The summed E-state index contributed by atoms with van der Waals surface area (Å²) >= 11 is 0. The molecule has 216 valence electrons. The maximum absolute atomic E-state index is 13.8. The van der Waals surface area contributed by atoms with Crippen LogP contribution >= 0.6 is 0 Å². The van der Waals surface area contributed by atoms with Gasteiger partial charge in [0, 0.05) is 24.8 Å². The lowest BCUT2D eigenvalue weighted by molar-refractivity contribution is -0.332. The van der Waals surface area contributed by atoms with Gasteiger partial charge >= 0.3 is 5.97 Å². The van der Waals surface area contributed by atoms with Crippen LogP contribution < -0.4 is 0 Å². The van der Waals surface area contributed by atoms with Crippen molar-refractivity contribution in [1.29, 1.82) is 0 Å². The molecule has 1 aliphatic carbocycles. The lowest BCUT2D eigenvalue weighted by atomic mass is 9.70. The molecule has 0 saturated carbocycles. The van der Waals surface area contributed by atoms with Crippen LogP contribution in [0, 0.1) is 17.8 Å². The summed E-state index contributed by atoms with van der Waals surface area (Å²) in [5.41, 5.74) is -0.100. The first kappa shape index (κ1) is 28.7. The van der Waals surface area contributed by atoms with Gasteiger partial charge in [-0.2, -0.15) is 0 Å². The van der Waals surface area contributed by atoms with E-state index in [2.05, 4.69) is 33.8 Å². The van der Waals surface area contributed by atoms with Gasteiger partial charge in [0.25, 0.3) is 0 Å². The smallest absolute Gasteiger partial charge is 0.316 e. The van der Waals surface area contributed by atoms with Gasteiger partial charge in [-0.05, 0) is 57.4 Å². The molecule has 39 heavy (non-hydrogen) atoms. The molecular weight excluding hydrogens is 500 g/mol. The van der Waals surface area contributed by atoms with Gasteiger partial charge in [-0.15, -0.1) is 0 Å². The number of fused-ring (bicyclic) bond motifs is 2. The van der Waals surface area contributed by atoms with E-state index in [0.717, 1.165) is 19.3 Å². The third-order valence-electron chi connectivity index (χ3n) is 9.35. The van der Waals surface area contributed by atoms with Crippen molar-refractivity contribution < 1.29 is 39.1 Å². The number of hydrogen-bond donors (Lipinski definition) is 3. The van der Waals surface area contributed by atoms with E-state index < -0.39 is 47.9 Å². The highest BCUT2D eigenvalue weighted by atomic mass is 16.7. The monoisotopic (exact) mass is 544 g/mol. The first-order valence-corrected chi connectivity index (χ1v) is 14.4. The van der Waals surface area contributed by atoms with Gasteiger partial charge in [-0.25, -0.2) is 0 Å². The fraction of sp³-hybridized carbons (Fsp3) is 0.710. The molecule has 3 N–H and O–H groups in total. The molecule has 11 atom stereocenters. The quantitative estimate of drug-likeness (QED) is 0.311. The van der Waals surface area contributed by atoms with Crippen molar-refractivity contribution in [2.24, 2.45) is 17.8 Å². The Kier molecular flexibility index (Phi) is 8.01. The maximum atomic E-state index is 13.8. The predicted molar refractivity (Wildman–Crippen MR) is 144 cm³/mol. The van der Waals surface area contributed by atoms with Gasteiger partial charge in [0.15, 0.2) is 12.1 Å². The van der Waals surface area contributed by atoms with Gasteiger partial charge in [-0.3, -0.25) is 4.79 Å². The van der Waals surface area contributed by atoms with Crippen molar-refractivity contribution in [3.05, 3.63) is 47.1 Å². The van der Waals surface area contributed by atoms with Crippen molar-refractivity contribution in [2.45, 2.75) is 121 Å². The molecule has 0 amide bonds. The number of ether oxygens (including phenoxy) is 4. The topological polar surface area (TPSA) is 115 Å². The van der Waals surface area contributed by atoms with Crippen molar-refractivity contribution >= 4 is 5.97 Å². The molecule has 0 aromatic heterocycles. The molecule has 0 aromatic carbocycles. The summed E-state index contributed by atoms with van der Waals surface area (Å²) in [4.78, 5) is 13.8. The molecule has 1 spiro atoms. The van der Waals surface area contributed by atoms with Crippen LogP contribution in [0.25, 0.3) is 0 Å². The normalized spacial score (nSPS) is 49.3. The third-order valence-corrected chi connectivity index (χ3v) is 9.35. The highest BCUT2D eigenvalue weighted by Crippen LogP contribution is 2.48. The van der Waals surface area contributed by atoms with E-state index in [1.54, 1.807) is 25.2 Å². The summed E-state index contributed by atoms with van der Waals surface area (Å²) in [5.74, 6) is -1.99. The van der Waals surface area contributed by atoms with Crippen molar-refractivity contribution in [3.8, 4) is 0 Å². The SMILES string of the molecule is CC1=C[C@H]2C(=O)O[C@H]3C[C@@H](C/C=C(/C)C[C@@H](C)/C=C\C=C4C(O)O[C@H]([C@@H]1O)[C@@]42O)O[C@@]1(CC[C@H](C)[C@@H](C)O1)C3. The minimum Gasteiger partial charge on any atom is -0.462 e. The summed E-state index contributed by atoms with van der Waals surface area (Å²) in [6.07, 6.45) is 8.81. The maximum Gasteiger partial charge on any atom is 0.316 e. The van der Waals surface area contributed by atoms with E-state index in [1.807, 2.05) is 6.08 Å². The first-order valence-electron chi connectivity index (χ1n) is 14.4. The second kappa shape index (κ2) is 10.9. The van der Waals surface area contributed by atoms with Gasteiger partial charge in [0.05, 0.1) is 12.2 Å². The van der Waals surface area contributed by atoms with Gasteiger partial charge in [0.1, 0.15) is 29.8 Å². The van der Waals surface area contributed by atoms with Crippen LogP contribution in [0.1, 0.15) is 73.1 Å². The Morgan fingerprint density at radius 1 is 1.08 bits per heavy atom. The average molecular weight is 545 g/mol. The fourth-order valence-electron chi connectivity index (χ4n) is 6.91. The van der Waals surface area contributed by atoms with Crippen LogP contribution in [0.2, 0.25) is 0 Å². The van der Waals surface area contributed by atoms with Crippen LogP contribution in [0.3, 0.4) is 0 Å². The summed E-state index contributed by atoms with van der Waals surface area (Å²) in [6.45, 7) is 10.1. The zero-order valence-corrected chi connectivity index (χ0v) is 23.7. The largest absolute Gasteiger partial charge is 0.462 e. The van der Waals surface area contributed by atoms with E-state index in [-0.39, 0.29) is 23.7 Å². The van der Waals surface area contributed by atoms with Crippen molar-refractivity contribution in [1.82, 2.24) is 0 Å². The molecule has 8 nitrogen and oxygen atoms in total. The molecule has 0 aromatic rings. The third kappa shape index (κ3) is 5.44. The minimum absolute atomic E-state index is 0.0216. The Morgan fingerprint density at radius 3 is 2.59 bits per heavy atom.